The van der Waals surface area contributed by atoms with Gasteiger partial charge in [-0.15, -0.1) is 0 Å². The minimum absolute atomic E-state index is 0.0229. The molecule has 2 amide bonds. The zero-order valence-electron chi connectivity index (χ0n) is 25.8. The first kappa shape index (κ1) is 35.3. The van der Waals surface area contributed by atoms with Gasteiger partial charge in [0.1, 0.15) is 12.6 Å². The molecule has 46 heavy (non-hydrogen) atoms. The van der Waals surface area contributed by atoms with Gasteiger partial charge < -0.3 is 10.2 Å². The Morgan fingerprint density at radius 2 is 1.46 bits per heavy atom. The first-order valence-corrected chi connectivity index (χ1v) is 17.3. The highest BCUT2D eigenvalue weighted by Crippen LogP contribution is 2.29. The standard InChI is InChI=1S/C35H36Cl3N3O4S/c1-24(2)21-39-35(43)33(20-26-10-5-4-6-11-26)40(22-27-13-18-30(37)31(38)19-27)34(42)23-41(32-12-8-7-9-25(32)3)46(44,45)29-16-14-28(36)15-17-29/h4-19,24,33H,20-23H2,1-3H3,(H,39,43)/t33-/m0/s1. The van der Waals surface area contributed by atoms with E-state index < -0.39 is 28.5 Å². The lowest BCUT2D eigenvalue weighted by atomic mass is 10.0. The summed E-state index contributed by atoms with van der Waals surface area (Å²) < 4.78 is 29.4. The number of sulfonamides is 1. The van der Waals surface area contributed by atoms with E-state index in [4.69, 9.17) is 34.8 Å². The number of benzene rings is 4. The molecule has 1 atom stereocenters. The molecule has 0 fully saturated rings. The maximum Gasteiger partial charge on any atom is 0.264 e. The molecule has 0 radical (unpaired) electrons. The van der Waals surface area contributed by atoms with Gasteiger partial charge in [-0.25, -0.2) is 8.42 Å². The molecule has 0 heterocycles. The molecule has 4 aromatic rings. The first-order chi connectivity index (χ1) is 21.9. The summed E-state index contributed by atoms with van der Waals surface area (Å²) >= 11 is 18.6. The van der Waals surface area contributed by atoms with Crippen LogP contribution in [0.2, 0.25) is 15.1 Å². The summed E-state index contributed by atoms with van der Waals surface area (Å²) in [6.07, 6.45) is 0.201. The SMILES string of the molecule is Cc1ccccc1N(CC(=O)N(Cc1ccc(Cl)c(Cl)c1)[C@@H](Cc1ccccc1)C(=O)NCC(C)C)S(=O)(=O)c1ccc(Cl)cc1. The van der Waals surface area contributed by atoms with E-state index in [0.29, 0.717) is 38.4 Å². The number of anilines is 1. The highest BCUT2D eigenvalue weighted by molar-refractivity contribution is 7.92. The normalized spacial score (nSPS) is 12.1. The number of carbonyl (C=O) groups excluding carboxylic acids is 2. The zero-order valence-corrected chi connectivity index (χ0v) is 28.9. The molecule has 0 aliphatic rings. The fourth-order valence-corrected chi connectivity index (χ4v) is 6.83. The Morgan fingerprint density at radius 1 is 0.804 bits per heavy atom. The number of para-hydroxylation sites is 1. The second-order valence-electron chi connectivity index (χ2n) is 11.4. The topological polar surface area (TPSA) is 86.8 Å². The monoisotopic (exact) mass is 699 g/mol. The maximum atomic E-state index is 14.6. The number of nitrogens with one attached hydrogen (secondary N) is 1. The number of hydrogen-bond donors (Lipinski definition) is 1. The van der Waals surface area contributed by atoms with Crippen LogP contribution >= 0.6 is 34.8 Å². The molecule has 0 saturated heterocycles. The maximum absolute atomic E-state index is 14.6. The predicted molar refractivity (Wildman–Crippen MR) is 186 cm³/mol. The van der Waals surface area contributed by atoms with Gasteiger partial charge in [0.2, 0.25) is 11.8 Å². The van der Waals surface area contributed by atoms with Crippen LogP contribution in [0.25, 0.3) is 0 Å². The van der Waals surface area contributed by atoms with E-state index in [1.54, 1.807) is 49.4 Å². The van der Waals surface area contributed by atoms with Crippen LogP contribution in [0.15, 0.2) is 102 Å². The fourth-order valence-electron chi connectivity index (χ4n) is 4.90. The Bertz CT molecular complexity index is 1770. The van der Waals surface area contributed by atoms with Gasteiger partial charge in [-0.05, 0) is 72.0 Å². The van der Waals surface area contributed by atoms with Crippen molar-refractivity contribution in [1.82, 2.24) is 10.2 Å². The van der Waals surface area contributed by atoms with Crippen molar-refractivity contribution in [3.8, 4) is 0 Å². The van der Waals surface area contributed by atoms with Crippen molar-refractivity contribution in [3.05, 3.63) is 129 Å². The fraction of sp³-hybridized carbons (Fsp3) is 0.257. The molecule has 4 rings (SSSR count). The van der Waals surface area contributed by atoms with Crippen LogP contribution in [0.4, 0.5) is 5.69 Å². The van der Waals surface area contributed by atoms with E-state index in [2.05, 4.69) is 5.32 Å². The van der Waals surface area contributed by atoms with Gasteiger partial charge in [0.25, 0.3) is 10.0 Å². The molecular formula is C35H36Cl3N3O4S. The Morgan fingerprint density at radius 3 is 2.09 bits per heavy atom. The molecular weight excluding hydrogens is 665 g/mol. The molecule has 4 aromatic carbocycles. The average Bonchev–Trinajstić information content (AvgIpc) is 3.03. The van der Waals surface area contributed by atoms with Crippen molar-refractivity contribution in [1.29, 1.82) is 0 Å². The predicted octanol–water partition coefficient (Wildman–Crippen LogP) is 7.56. The molecule has 0 bridgehead atoms. The van der Waals surface area contributed by atoms with Gasteiger partial charge in [-0.2, -0.15) is 0 Å². The quantitative estimate of drug-likeness (QED) is 0.156. The Labute approximate surface area is 286 Å². The third-order valence-corrected chi connectivity index (χ3v) is 10.1. The van der Waals surface area contributed by atoms with E-state index in [0.717, 1.165) is 9.87 Å². The number of halogens is 3. The number of nitrogens with zero attached hydrogens (tertiary/aromatic N) is 2. The van der Waals surface area contributed by atoms with Crippen LogP contribution in [-0.2, 0) is 32.6 Å². The lowest BCUT2D eigenvalue weighted by molar-refractivity contribution is -0.140. The summed E-state index contributed by atoms with van der Waals surface area (Å²) in [7, 11) is -4.25. The zero-order chi connectivity index (χ0) is 33.4. The Kier molecular flexibility index (Phi) is 12.1. The van der Waals surface area contributed by atoms with Crippen LogP contribution in [0.3, 0.4) is 0 Å². The number of rotatable bonds is 13. The van der Waals surface area contributed by atoms with Gasteiger partial charge in [-0.3, -0.25) is 13.9 Å². The second kappa shape index (κ2) is 15.8. The van der Waals surface area contributed by atoms with Crippen molar-refractivity contribution >= 4 is 62.3 Å². The van der Waals surface area contributed by atoms with Crippen molar-refractivity contribution in [2.45, 2.75) is 44.7 Å². The number of hydrogen-bond acceptors (Lipinski definition) is 4. The molecule has 0 unspecified atom stereocenters. The van der Waals surface area contributed by atoms with Gasteiger partial charge >= 0.3 is 0 Å². The largest absolute Gasteiger partial charge is 0.354 e. The number of aryl methyl sites for hydroxylation is 1. The first-order valence-electron chi connectivity index (χ1n) is 14.8. The Balaban J connectivity index is 1.82. The average molecular weight is 701 g/mol. The number of amides is 2. The molecule has 0 aromatic heterocycles. The second-order valence-corrected chi connectivity index (χ2v) is 14.5. The number of carbonyl (C=O) groups is 2. The molecule has 242 valence electrons. The smallest absolute Gasteiger partial charge is 0.264 e. The van der Waals surface area contributed by atoms with Crippen molar-refractivity contribution < 1.29 is 18.0 Å². The summed E-state index contributed by atoms with van der Waals surface area (Å²) in [5, 5.41) is 3.99. The Hall–Kier alpha value is -3.56. The van der Waals surface area contributed by atoms with E-state index in [9.17, 15) is 18.0 Å². The van der Waals surface area contributed by atoms with Crippen molar-refractivity contribution in [2.75, 3.05) is 17.4 Å². The minimum atomic E-state index is -4.25. The van der Waals surface area contributed by atoms with Gasteiger partial charge in [0, 0.05) is 24.5 Å². The molecule has 0 aliphatic carbocycles. The van der Waals surface area contributed by atoms with Crippen LogP contribution in [-0.4, -0.2) is 44.3 Å². The van der Waals surface area contributed by atoms with Gasteiger partial charge in [0.15, 0.2) is 0 Å². The molecule has 0 aliphatic heterocycles. The van der Waals surface area contributed by atoms with E-state index in [-0.39, 0.29) is 29.7 Å². The lowest BCUT2D eigenvalue weighted by Gasteiger charge is -2.34. The van der Waals surface area contributed by atoms with Crippen molar-refractivity contribution in [2.24, 2.45) is 5.92 Å². The van der Waals surface area contributed by atoms with Crippen LogP contribution in [0, 0.1) is 12.8 Å². The van der Waals surface area contributed by atoms with Crippen LogP contribution in [0.1, 0.15) is 30.5 Å². The highest BCUT2D eigenvalue weighted by atomic mass is 35.5. The van der Waals surface area contributed by atoms with Gasteiger partial charge in [0.05, 0.1) is 20.6 Å². The summed E-state index contributed by atoms with van der Waals surface area (Å²) in [5.41, 5.74) is 2.45. The van der Waals surface area contributed by atoms with Crippen LogP contribution in [0.5, 0.6) is 0 Å². The third kappa shape index (κ3) is 9.04. The molecule has 0 saturated carbocycles. The van der Waals surface area contributed by atoms with E-state index in [1.165, 1.54) is 29.2 Å². The van der Waals surface area contributed by atoms with Crippen LogP contribution < -0.4 is 9.62 Å². The molecule has 0 spiro atoms. The van der Waals surface area contributed by atoms with Gasteiger partial charge in [-0.1, -0.05) is 103 Å². The summed E-state index contributed by atoms with van der Waals surface area (Å²) in [6.45, 7) is 5.54. The highest BCUT2D eigenvalue weighted by Gasteiger charge is 2.35. The summed E-state index contributed by atoms with van der Waals surface area (Å²) in [5.74, 6) is -0.761. The third-order valence-electron chi connectivity index (χ3n) is 7.36. The molecule has 1 N–H and O–H groups in total. The molecule has 11 heteroatoms. The minimum Gasteiger partial charge on any atom is -0.354 e. The lowest BCUT2D eigenvalue weighted by Crippen LogP contribution is -2.53. The van der Waals surface area contributed by atoms with E-state index in [1.807, 2.05) is 44.2 Å². The summed E-state index contributed by atoms with van der Waals surface area (Å²) in [6, 6.07) is 26.1. The van der Waals surface area contributed by atoms with E-state index >= 15 is 0 Å². The van der Waals surface area contributed by atoms with Crippen molar-refractivity contribution in [3.63, 3.8) is 0 Å². The summed E-state index contributed by atoms with van der Waals surface area (Å²) in [4.78, 5) is 29.8. The molecule has 7 nitrogen and oxygen atoms in total.